The van der Waals surface area contributed by atoms with Gasteiger partial charge in [-0.15, -0.1) is 0 Å². The minimum atomic E-state index is -0.184. The molecule has 4 nitrogen and oxygen atoms in total. The van der Waals surface area contributed by atoms with E-state index >= 15 is 0 Å². The second-order valence-electron chi connectivity index (χ2n) is 5.28. The highest BCUT2D eigenvalue weighted by molar-refractivity contribution is 6.30. The van der Waals surface area contributed by atoms with Crippen molar-refractivity contribution in [2.45, 2.75) is 13.5 Å². The first-order chi connectivity index (χ1) is 11.1. The molecule has 0 saturated carbocycles. The van der Waals surface area contributed by atoms with Crippen LogP contribution in [-0.4, -0.2) is 15.7 Å². The lowest BCUT2D eigenvalue weighted by atomic mass is 10.2. The molecule has 23 heavy (non-hydrogen) atoms. The molecule has 1 heterocycles. The molecule has 0 unspecified atom stereocenters. The van der Waals surface area contributed by atoms with Crippen molar-refractivity contribution in [2.24, 2.45) is 0 Å². The van der Waals surface area contributed by atoms with E-state index in [0.717, 1.165) is 11.3 Å². The zero-order valence-electron chi connectivity index (χ0n) is 12.7. The molecule has 0 spiro atoms. The highest BCUT2D eigenvalue weighted by atomic mass is 35.5. The Morgan fingerprint density at radius 1 is 1.13 bits per heavy atom. The molecule has 3 aromatic rings. The molecule has 5 heteroatoms. The monoisotopic (exact) mass is 325 g/mol. The Hall–Kier alpha value is -2.59. The number of carbonyl (C=O) groups is 1. The van der Waals surface area contributed by atoms with Crippen molar-refractivity contribution in [3.8, 4) is 0 Å². The lowest BCUT2D eigenvalue weighted by Crippen LogP contribution is -2.16. The first-order valence-corrected chi connectivity index (χ1v) is 7.65. The van der Waals surface area contributed by atoms with Gasteiger partial charge in [0.2, 0.25) is 0 Å². The molecule has 1 N–H and O–H groups in total. The zero-order chi connectivity index (χ0) is 16.2. The number of rotatable bonds is 4. The molecule has 0 bridgehead atoms. The van der Waals surface area contributed by atoms with Crippen molar-refractivity contribution in [1.29, 1.82) is 0 Å². The Morgan fingerprint density at radius 3 is 2.52 bits per heavy atom. The minimum absolute atomic E-state index is 0.184. The maximum Gasteiger partial charge on any atom is 0.256 e. The van der Waals surface area contributed by atoms with Crippen molar-refractivity contribution in [3.63, 3.8) is 0 Å². The fourth-order valence-electron chi connectivity index (χ4n) is 2.31. The Kier molecular flexibility index (Phi) is 4.44. The molecule has 3 rings (SSSR count). The summed E-state index contributed by atoms with van der Waals surface area (Å²) in [7, 11) is 0. The van der Waals surface area contributed by atoms with Crippen molar-refractivity contribution >= 4 is 23.3 Å². The van der Waals surface area contributed by atoms with Crippen LogP contribution in [-0.2, 0) is 6.54 Å². The number of benzene rings is 2. The van der Waals surface area contributed by atoms with Crippen LogP contribution < -0.4 is 5.32 Å². The Balaban J connectivity index is 1.80. The van der Waals surface area contributed by atoms with Gasteiger partial charge in [-0.25, -0.2) is 4.68 Å². The summed E-state index contributed by atoms with van der Waals surface area (Å²) in [5.41, 5.74) is 2.53. The Bertz CT molecular complexity index is 810. The molecule has 2 aromatic carbocycles. The average molecular weight is 326 g/mol. The van der Waals surface area contributed by atoms with E-state index in [9.17, 15) is 4.79 Å². The van der Waals surface area contributed by atoms with Crippen LogP contribution in [0.5, 0.6) is 0 Å². The largest absolute Gasteiger partial charge is 0.307 e. The van der Waals surface area contributed by atoms with Crippen LogP contribution in [0.25, 0.3) is 0 Å². The third kappa shape index (κ3) is 3.79. The fourth-order valence-corrected chi connectivity index (χ4v) is 2.44. The maximum absolute atomic E-state index is 12.3. The normalized spacial score (nSPS) is 10.5. The molecule has 1 aromatic heterocycles. The number of carbonyl (C=O) groups excluding carboxylic acids is 1. The van der Waals surface area contributed by atoms with Crippen LogP contribution in [0.2, 0.25) is 5.02 Å². The Labute approximate surface area is 139 Å². The third-order valence-electron chi connectivity index (χ3n) is 3.43. The van der Waals surface area contributed by atoms with Gasteiger partial charge in [-0.2, -0.15) is 5.10 Å². The summed E-state index contributed by atoms with van der Waals surface area (Å²) >= 11 is 5.85. The third-order valence-corrected chi connectivity index (χ3v) is 3.68. The van der Waals surface area contributed by atoms with Crippen LogP contribution in [0.1, 0.15) is 21.6 Å². The fraction of sp³-hybridized carbons (Fsp3) is 0.111. The topological polar surface area (TPSA) is 46.9 Å². The molecule has 116 valence electrons. The minimum Gasteiger partial charge on any atom is -0.307 e. The summed E-state index contributed by atoms with van der Waals surface area (Å²) < 4.78 is 1.79. The van der Waals surface area contributed by atoms with Gasteiger partial charge >= 0.3 is 0 Å². The van der Waals surface area contributed by atoms with Gasteiger partial charge in [0.1, 0.15) is 5.82 Å². The Morgan fingerprint density at radius 2 is 1.83 bits per heavy atom. The summed E-state index contributed by atoms with van der Waals surface area (Å²) in [6.45, 7) is 2.50. The average Bonchev–Trinajstić information content (AvgIpc) is 2.88. The molecule has 0 saturated heterocycles. The van der Waals surface area contributed by atoms with Crippen molar-refractivity contribution in [1.82, 2.24) is 9.78 Å². The van der Waals surface area contributed by atoms with Crippen LogP contribution in [0.4, 0.5) is 5.82 Å². The van der Waals surface area contributed by atoms with Crippen LogP contribution >= 0.6 is 11.6 Å². The molecule has 0 fully saturated rings. The number of anilines is 1. The van der Waals surface area contributed by atoms with Crippen molar-refractivity contribution in [2.75, 3.05) is 5.32 Å². The highest BCUT2D eigenvalue weighted by Gasteiger charge is 2.11. The smallest absolute Gasteiger partial charge is 0.256 e. The number of halogens is 1. The van der Waals surface area contributed by atoms with E-state index in [-0.39, 0.29) is 5.91 Å². The molecule has 0 atom stereocenters. The van der Waals surface area contributed by atoms with E-state index in [0.29, 0.717) is 22.9 Å². The number of amides is 1. The number of nitrogens with one attached hydrogen (secondary N) is 1. The number of aromatic nitrogens is 2. The van der Waals surface area contributed by atoms with Crippen molar-refractivity contribution in [3.05, 3.63) is 82.5 Å². The van der Waals surface area contributed by atoms with Crippen LogP contribution in [0, 0.1) is 6.92 Å². The van der Waals surface area contributed by atoms with Crippen LogP contribution in [0.3, 0.4) is 0 Å². The molecular formula is C18H16ClN3O. The van der Waals surface area contributed by atoms with E-state index in [2.05, 4.69) is 10.4 Å². The van der Waals surface area contributed by atoms with Gasteiger partial charge in [0, 0.05) is 16.7 Å². The summed E-state index contributed by atoms with van der Waals surface area (Å²) in [6, 6.07) is 18.6. The van der Waals surface area contributed by atoms with Gasteiger partial charge in [0.05, 0.1) is 12.2 Å². The van der Waals surface area contributed by atoms with E-state index in [4.69, 9.17) is 11.6 Å². The van der Waals surface area contributed by atoms with Gasteiger partial charge in [-0.3, -0.25) is 4.79 Å². The van der Waals surface area contributed by atoms with E-state index in [1.807, 2.05) is 43.3 Å². The maximum atomic E-state index is 12.3. The van der Waals surface area contributed by atoms with Crippen LogP contribution in [0.15, 0.2) is 60.7 Å². The molecule has 0 aliphatic carbocycles. The number of aryl methyl sites for hydroxylation is 1. The molecular weight excluding hydrogens is 310 g/mol. The lowest BCUT2D eigenvalue weighted by Gasteiger charge is -2.09. The zero-order valence-corrected chi connectivity index (χ0v) is 13.4. The van der Waals surface area contributed by atoms with Gasteiger partial charge in [0.15, 0.2) is 0 Å². The quantitative estimate of drug-likeness (QED) is 0.783. The van der Waals surface area contributed by atoms with E-state index < -0.39 is 0 Å². The molecule has 1 amide bonds. The van der Waals surface area contributed by atoms with Gasteiger partial charge in [-0.05, 0) is 36.8 Å². The standard InChI is InChI=1S/C18H16ClN3O/c1-13-11-17(20-18(23)15-7-9-16(19)10-8-15)22(21-13)12-14-5-3-2-4-6-14/h2-11H,12H2,1H3,(H,20,23). The van der Waals surface area contributed by atoms with E-state index in [1.165, 1.54) is 0 Å². The van der Waals surface area contributed by atoms with Gasteiger partial charge in [0.25, 0.3) is 5.91 Å². The highest BCUT2D eigenvalue weighted by Crippen LogP contribution is 2.15. The number of hydrogen-bond acceptors (Lipinski definition) is 2. The summed E-state index contributed by atoms with van der Waals surface area (Å²) in [5.74, 6) is 0.488. The van der Waals surface area contributed by atoms with Gasteiger partial charge in [-0.1, -0.05) is 41.9 Å². The first-order valence-electron chi connectivity index (χ1n) is 7.27. The second-order valence-corrected chi connectivity index (χ2v) is 5.71. The lowest BCUT2D eigenvalue weighted by molar-refractivity contribution is 0.102. The molecule has 0 aliphatic rings. The summed E-state index contributed by atoms with van der Waals surface area (Å²) in [6.07, 6.45) is 0. The molecule has 0 aliphatic heterocycles. The molecule has 0 radical (unpaired) electrons. The predicted molar refractivity (Wildman–Crippen MR) is 91.9 cm³/mol. The first kappa shape index (κ1) is 15.3. The summed E-state index contributed by atoms with van der Waals surface area (Å²) in [4.78, 5) is 12.3. The number of nitrogens with zero attached hydrogens (tertiary/aromatic N) is 2. The predicted octanol–water partition coefficient (Wildman–Crippen LogP) is 4.15. The second kappa shape index (κ2) is 6.67. The SMILES string of the molecule is Cc1cc(NC(=O)c2ccc(Cl)cc2)n(Cc2ccccc2)n1. The number of hydrogen-bond donors (Lipinski definition) is 1. The van der Waals surface area contributed by atoms with Crippen molar-refractivity contribution < 1.29 is 4.79 Å². The van der Waals surface area contributed by atoms with E-state index in [1.54, 1.807) is 28.9 Å². The van der Waals surface area contributed by atoms with Gasteiger partial charge < -0.3 is 5.32 Å². The summed E-state index contributed by atoms with van der Waals surface area (Å²) in [5, 5.41) is 7.96.